The summed E-state index contributed by atoms with van der Waals surface area (Å²) in [5, 5.41) is 7.56. The topological polar surface area (TPSA) is 92.1 Å². The van der Waals surface area contributed by atoms with E-state index in [0.717, 1.165) is 0 Å². The van der Waals surface area contributed by atoms with Gasteiger partial charge in [0.2, 0.25) is 0 Å². The van der Waals surface area contributed by atoms with Gasteiger partial charge in [0.05, 0.1) is 18.8 Å². The van der Waals surface area contributed by atoms with Crippen molar-refractivity contribution in [3.8, 4) is 0 Å². The van der Waals surface area contributed by atoms with E-state index in [-0.39, 0.29) is 30.6 Å². The SMILES string of the molecule is CC(C)(C)OC(=O)N1CCC(NC(=O)c2cnc3ccc(N4C[C@@H](F)C[C@@H]4c4cc(F)cc(S)c4)nn23)C1. The Balaban J connectivity index is 1.34. The predicted molar refractivity (Wildman–Crippen MR) is 140 cm³/mol. The summed E-state index contributed by atoms with van der Waals surface area (Å²) in [6.07, 6.45) is 0.675. The van der Waals surface area contributed by atoms with Crippen molar-refractivity contribution in [1.82, 2.24) is 24.8 Å². The fourth-order valence-corrected chi connectivity index (χ4v) is 5.22. The largest absolute Gasteiger partial charge is 0.444 e. The predicted octanol–water partition coefficient (Wildman–Crippen LogP) is 4.19. The smallest absolute Gasteiger partial charge is 0.410 e. The van der Waals surface area contributed by atoms with Crippen LogP contribution in [0, 0.1) is 5.82 Å². The number of benzene rings is 1. The number of alkyl halides is 1. The van der Waals surface area contributed by atoms with Crippen molar-refractivity contribution in [2.75, 3.05) is 24.5 Å². The Labute approximate surface area is 224 Å². The van der Waals surface area contributed by atoms with Crippen LogP contribution in [0.4, 0.5) is 19.4 Å². The van der Waals surface area contributed by atoms with E-state index in [1.165, 1.54) is 22.8 Å². The maximum absolute atomic E-state index is 14.6. The maximum atomic E-state index is 14.6. The van der Waals surface area contributed by atoms with Gasteiger partial charge in [-0.05, 0) is 63.1 Å². The minimum atomic E-state index is -1.12. The highest BCUT2D eigenvalue weighted by Crippen LogP contribution is 2.37. The fraction of sp³-hybridized carbons (Fsp3) is 0.462. The van der Waals surface area contributed by atoms with Gasteiger partial charge in [-0.3, -0.25) is 4.79 Å². The van der Waals surface area contributed by atoms with Crippen LogP contribution < -0.4 is 10.2 Å². The Morgan fingerprint density at radius 3 is 2.71 bits per heavy atom. The van der Waals surface area contributed by atoms with Crippen LogP contribution in [-0.4, -0.2) is 68.9 Å². The second kappa shape index (κ2) is 10.0. The molecular formula is C26H30F2N6O3S. The van der Waals surface area contributed by atoms with Crippen molar-refractivity contribution in [3.63, 3.8) is 0 Å². The highest BCUT2D eigenvalue weighted by molar-refractivity contribution is 7.80. The Hall–Kier alpha value is -3.41. The van der Waals surface area contributed by atoms with E-state index in [2.05, 4.69) is 28.0 Å². The molecule has 202 valence electrons. The number of fused-ring (bicyclic) bond motifs is 1. The zero-order valence-electron chi connectivity index (χ0n) is 21.4. The van der Waals surface area contributed by atoms with Gasteiger partial charge in [0.1, 0.15) is 23.4 Å². The fourth-order valence-electron chi connectivity index (χ4n) is 4.94. The molecule has 9 nitrogen and oxygen atoms in total. The number of hydrogen-bond acceptors (Lipinski definition) is 7. The number of ether oxygens (including phenoxy) is 1. The summed E-state index contributed by atoms with van der Waals surface area (Å²) in [7, 11) is 0. The number of amides is 2. The average molecular weight is 545 g/mol. The number of nitrogens with zero attached hydrogens (tertiary/aromatic N) is 5. The van der Waals surface area contributed by atoms with E-state index in [1.54, 1.807) is 48.8 Å². The summed E-state index contributed by atoms with van der Waals surface area (Å²) in [6, 6.07) is 7.14. The number of likely N-dealkylation sites (tertiary alicyclic amines) is 1. The zero-order chi connectivity index (χ0) is 27.2. The summed E-state index contributed by atoms with van der Waals surface area (Å²) >= 11 is 4.26. The van der Waals surface area contributed by atoms with E-state index >= 15 is 0 Å². The Kier molecular flexibility index (Phi) is 6.93. The zero-order valence-corrected chi connectivity index (χ0v) is 22.3. The van der Waals surface area contributed by atoms with Gasteiger partial charge in [-0.15, -0.1) is 17.7 Å². The summed E-state index contributed by atoms with van der Waals surface area (Å²) < 4.78 is 35.5. The highest BCUT2D eigenvalue weighted by Gasteiger charge is 2.35. The monoisotopic (exact) mass is 544 g/mol. The van der Waals surface area contributed by atoms with Crippen molar-refractivity contribution in [2.45, 2.75) is 62.4 Å². The number of carbonyl (C=O) groups excluding carboxylic acids is 2. The van der Waals surface area contributed by atoms with Gasteiger partial charge in [0, 0.05) is 30.4 Å². The number of anilines is 1. The molecule has 3 aromatic rings. The standard InChI is InChI=1S/C26H30F2N6O3S/c1-26(2,3)37-25(36)32-7-6-18(14-32)30-24(35)21-12-29-22-4-5-23(31-34(21)22)33-13-17(28)11-20(33)15-8-16(27)10-19(38)9-15/h4-5,8-10,12,17-18,20,38H,6-7,11,13-14H2,1-3H3,(H,30,35)/t17-,18?,20+/m0/s1. The number of thiol groups is 1. The molecule has 2 aliphatic heterocycles. The molecule has 0 aliphatic carbocycles. The van der Waals surface area contributed by atoms with E-state index in [9.17, 15) is 18.4 Å². The normalized spacial score (nSPS) is 21.8. The highest BCUT2D eigenvalue weighted by atomic mass is 32.1. The van der Waals surface area contributed by atoms with Crippen molar-refractivity contribution < 1.29 is 23.1 Å². The molecule has 0 saturated carbocycles. The molecule has 1 aromatic carbocycles. The van der Waals surface area contributed by atoms with Gasteiger partial charge < -0.3 is 19.9 Å². The molecule has 5 rings (SSSR count). The van der Waals surface area contributed by atoms with Gasteiger partial charge in [0.25, 0.3) is 5.91 Å². The minimum absolute atomic E-state index is 0.0837. The number of imidazole rings is 1. The lowest BCUT2D eigenvalue weighted by molar-refractivity contribution is 0.0290. The van der Waals surface area contributed by atoms with E-state index in [1.807, 2.05) is 0 Å². The van der Waals surface area contributed by atoms with Crippen LogP contribution in [0.15, 0.2) is 41.4 Å². The quantitative estimate of drug-likeness (QED) is 0.479. The molecule has 2 fully saturated rings. The van der Waals surface area contributed by atoms with Gasteiger partial charge >= 0.3 is 6.09 Å². The van der Waals surface area contributed by atoms with Gasteiger partial charge in [-0.25, -0.2) is 23.1 Å². The Morgan fingerprint density at radius 1 is 1.18 bits per heavy atom. The Bertz CT molecular complexity index is 1360. The molecule has 2 saturated heterocycles. The summed E-state index contributed by atoms with van der Waals surface area (Å²) in [5.74, 6) is -0.384. The van der Waals surface area contributed by atoms with Crippen LogP contribution in [0.25, 0.3) is 5.65 Å². The van der Waals surface area contributed by atoms with E-state index in [4.69, 9.17) is 4.74 Å². The van der Waals surface area contributed by atoms with E-state index < -0.39 is 29.7 Å². The number of nitrogens with one attached hydrogen (secondary N) is 1. The average Bonchev–Trinajstić information content (AvgIpc) is 3.55. The molecule has 0 bridgehead atoms. The first-order valence-corrected chi connectivity index (χ1v) is 13.0. The Morgan fingerprint density at radius 2 is 1.97 bits per heavy atom. The lowest BCUT2D eigenvalue weighted by atomic mass is 10.0. The molecule has 0 spiro atoms. The lowest BCUT2D eigenvalue weighted by Gasteiger charge is -2.26. The molecule has 3 atom stereocenters. The molecule has 12 heteroatoms. The first-order chi connectivity index (χ1) is 18.0. The van der Waals surface area contributed by atoms with Crippen LogP contribution in [0.5, 0.6) is 0 Å². The van der Waals surface area contributed by atoms with Gasteiger partial charge in [0.15, 0.2) is 11.3 Å². The minimum Gasteiger partial charge on any atom is -0.444 e. The molecule has 0 radical (unpaired) electrons. The molecule has 1 N–H and O–H groups in total. The molecule has 4 heterocycles. The lowest BCUT2D eigenvalue weighted by Crippen LogP contribution is -2.40. The number of rotatable bonds is 4. The number of hydrogen-bond donors (Lipinski definition) is 2. The maximum Gasteiger partial charge on any atom is 0.410 e. The van der Waals surface area contributed by atoms with Crippen molar-refractivity contribution >= 4 is 36.1 Å². The first kappa shape index (κ1) is 26.2. The second-order valence-corrected chi connectivity index (χ2v) is 11.3. The van der Waals surface area contributed by atoms with Crippen molar-refractivity contribution in [3.05, 3.63) is 53.6 Å². The van der Waals surface area contributed by atoms with Gasteiger partial charge in [-0.2, -0.15) is 0 Å². The van der Waals surface area contributed by atoms with Crippen molar-refractivity contribution in [1.29, 1.82) is 0 Å². The number of aromatic nitrogens is 3. The second-order valence-electron chi connectivity index (χ2n) is 10.7. The van der Waals surface area contributed by atoms with Crippen LogP contribution in [0.2, 0.25) is 0 Å². The molecule has 1 unspecified atom stereocenters. The summed E-state index contributed by atoms with van der Waals surface area (Å²) in [5.41, 5.74) is 0.681. The number of carbonyl (C=O) groups is 2. The first-order valence-electron chi connectivity index (χ1n) is 12.5. The molecule has 38 heavy (non-hydrogen) atoms. The van der Waals surface area contributed by atoms with Crippen LogP contribution in [-0.2, 0) is 4.74 Å². The molecule has 2 aromatic heterocycles. The van der Waals surface area contributed by atoms with Crippen LogP contribution in [0.3, 0.4) is 0 Å². The van der Waals surface area contributed by atoms with E-state index in [0.29, 0.717) is 41.4 Å². The van der Waals surface area contributed by atoms with Crippen LogP contribution >= 0.6 is 12.6 Å². The third-order valence-electron chi connectivity index (χ3n) is 6.59. The van der Waals surface area contributed by atoms with Gasteiger partial charge in [-0.1, -0.05) is 0 Å². The number of halogens is 2. The third kappa shape index (κ3) is 5.54. The molecule has 2 amide bonds. The van der Waals surface area contributed by atoms with Crippen molar-refractivity contribution in [2.24, 2.45) is 0 Å². The molecule has 2 aliphatic rings. The molecular weight excluding hydrogens is 514 g/mol. The van der Waals surface area contributed by atoms with Crippen LogP contribution in [0.1, 0.15) is 55.7 Å². The third-order valence-corrected chi connectivity index (χ3v) is 6.85. The summed E-state index contributed by atoms with van der Waals surface area (Å²) in [4.78, 5) is 33.6. The summed E-state index contributed by atoms with van der Waals surface area (Å²) in [6.45, 7) is 6.31.